The molecule has 0 fully saturated rings. The maximum absolute atomic E-state index is 12.6. The summed E-state index contributed by atoms with van der Waals surface area (Å²) in [6.45, 7) is 0.141. The normalized spacial score (nSPS) is 10.9. The average molecular weight is 355 g/mol. The highest BCUT2D eigenvalue weighted by atomic mass is 16.2. The predicted molar refractivity (Wildman–Crippen MR) is 95.1 cm³/mol. The van der Waals surface area contributed by atoms with E-state index in [0.29, 0.717) is 5.69 Å². The zero-order chi connectivity index (χ0) is 19.0. The molecule has 26 heavy (non-hydrogen) atoms. The molecule has 0 unspecified atom stereocenters. The number of hydrogen-bond donors (Lipinski definition) is 1. The molecule has 1 N–H and O–H groups in total. The van der Waals surface area contributed by atoms with E-state index in [1.165, 1.54) is 30.3 Å². The Labute approximate surface area is 147 Å². The minimum absolute atomic E-state index is 0.00946. The van der Waals surface area contributed by atoms with Gasteiger partial charge in [0.1, 0.15) is 5.65 Å². The Balaban J connectivity index is 2.19. The lowest BCUT2D eigenvalue weighted by Crippen LogP contribution is -2.41. The van der Waals surface area contributed by atoms with Gasteiger partial charge in [-0.1, -0.05) is 6.07 Å². The van der Waals surface area contributed by atoms with Crippen molar-refractivity contribution >= 4 is 16.9 Å². The summed E-state index contributed by atoms with van der Waals surface area (Å²) in [5.41, 5.74) is -1.06. The van der Waals surface area contributed by atoms with Gasteiger partial charge in [0.2, 0.25) is 0 Å². The van der Waals surface area contributed by atoms with Crippen LogP contribution in [0.3, 0.4) is 0 Å². The maximum atomic E-state index is 12.6. The Morgan fingerprint density at radius 3 is 2.46 bits per heavy atom. The fourth-order valence-electron chi connectivity index (χ4n) is 2.81. The number of nitrogens with zero attached hydrogens (tertiary/aromatic N) is 4. The number of carbonyl (C=O) groups is 1. The smallest absolute Gasteiger partial charge is 0.332 e. The molecule has 0 spiro atoms. The van der Waals surface area contributed by atoms with Crippen molar-refractivity contribution in [1.82, 2.24) is 24.0 Å². The van der Waals surface area contributed by atoms with E-state index in [9.17, 15) is 19.2 Å². The van der Waals surface area contributed by atoms with Crippen LogP contribution in [0, 0.1) is 0 Å². The number of carbonyl (C=O) groups excluding carboxylic acids is 1. The Morgan fingerprint density at radius 1 is 1.08 bits per heavy atom. The number of rotatable bonds is 3. The standard InChI is InChI=1S/C17H17N5O4/c1-20-12(23)8-11(14(24)19-9-10-6-4-5-7-18-10)13-15(20)21(2)17(26)22(3)16(13)25/h4-8H,9H2,1-3H3,(H,19,24). The van der Waals surface area contributed by atoms with Crippen molar-refractivity contribution in [3.63, 3.8) is 0 Å². The highest BCUT2D eigenvalue weighted by Gasteiger charge is 2.20. The Kier molecular flexibility index (Phi) is 4.29. The number of aromatic nitrogens is 4. The molecule has 0 aliphatic rings. The number of aryl methyl sites for hydroxylation is 2. The van der Waals surface area contributed by atoms with Gasteiger partial charge >= 0.3 is 5.69 Å². The second-order valence-corrected chi connectivity index (χ2v) is 5.86. The molecule has 1 amide bonds. The molecule has 0 aliphatic carbocycles. The SMILES string of the molecule is Cn1c(=O)c2c(C(=O)NCc3ccccn3)cc(=O)n(C)c2n(C)c1=O. The molecule has 0 radical (unpaired) electrons. The van der Waals surface area contributed by atoms with E-state index in [1.807, 2.05) is 0 Å². The number of nitrogens with one attached hydrogen (secondary N) is 1. The molecular weight excluding hydrogens is 338 g/mol. The molecule has 0 aliphatic heterocycles. The molecule has 9 heteroatoms. The zero-order valence-corrected chi connectivity index (χ0v) is 14.5. The number of pyridine rings is 2. The summed E-state index contributed by atoms with van der Waals surface area (Å²) in [6.07, 6.45) is 1.60. The fraction of sp³-hybridized carbons (Fsp3) is 0.235. The van der Waals surface area contributed by atoms with Gasteiger partial charge in [-0.05, 0) is 12.1 Å². The van der Waals surface area contributed by atoms with Crippen LogP contribution in [0.5, 0.6) is 0 Å². The summed E-state index contributed by atoms with van der Waals surface area (Å²) >= 11 is 0. The summed E-state index contributed by atoms with van der Waals surface area (Å²) in [5.74, 6) is -0.589. The predicted octanol–water partition coefficient (Wildman–Crippen LogP) is -0.739. The first-order valence-corrected chi connectivity index (χ1v) is 7.80. The van der Waals surface area contributed by atoms with Gasteiger partial charge in [-0.15, -0.1) is 0 Å². The molecule has 3 rings (SSSR count). The first kappa shape index (κ1) is 17.3. The van der Waals surface area contributed by atoms with E-state index in [0.717, 1.165) is 10.6 Å². The lowest BCUT2D eigenvalue weighted by molar-refractivity contribution is 0.0951. The van der Waals surface area contributed by atoms with E-state index < -0.39 is 22.7 Å². The van der Waals surface area contributed by atoms with E-state index in [-0.39, 0.29) is 23.1 Å². The van der Waals surface area contributed by atoms with Crippen LogP contribution in [0.15, 0.2) is 44.8 Å². The number of hydrogen-bond acceptors (Lipinski definition) is 5. The quantitative estimate of drug-likeness (QED) is 0.666. The molecule has 0 saturated heterocycles. The molecule has 0 aromatic carbocycles. The molecule has 134 valence electrons. The molecule has 3 aromatic heterocycles. The lowest BCUT2D eigenvalue weighted by atomic mass is 10.1. The summed E-state index contributed by atoms with van der Waals surface area (Å²) in [5, 5.41) is 2.66. The zero-order valence-electron chi connectivity index (χ0n) is 14.5. The van der Waals surface area contributed by atoms with Crippen molar-refractivity contribution in [2.75, 3.05) is 0 Å². The van der Waals surface area contributed by atoms with Crippen LogP contribution in [0.4, 0.5) is 0 Å². The van der Waals surface area contributed by atoms with Crippen molar-refractivity contribution < 1.29 is 4.79 Å². The largest absolute Gasteiger partial charge is 0.346 e. The van der Waals surface area contributed by atoms with Crippen molar-refractivity contribution in [2.24, 2.45) is 21.1 Å². The van der Waals surface area contributed by atoms with Gasteiger partial charge < -0.3 is 5.32 Å². The summed E-state index contributed by atoms with van der Waals surface area (Å²) in [7, 11) is 4.21. The van der Waals surface area contributed by atoms with Gasteiger partial charge in [-0.2, -0.15) is 0 Å². The fourth-order valence-corrected chi connectivity index (χ4v) is 2.81. The summed E-state index contributed by atoms with van der Waals surface area (Å²) in [6, 6.07) is 6.38. The molecular formula is C17H17N5O4. The van der Waals surface area contributed by atoms with Crippen LogP contribution in [-0.2, 0) is 27.7 Å². The highest BCUT2D eigenvalue weighted by molar-refractivity contribution is 6.05. The summed E-state index contributed by atoms with van der Waals surface area (Å²) in [4.78, 5) is 53.7. The molecule has 3 heterocycles. The van der Waals surface area contributed by atoms with Crippen molar-refractivity contribution in [1.29, 1.82) is 0 Å². The van der Waals surface area contributed by atoms with Crippen LogP contribution in [0.25, 0.3) is 11.0 Å². The van der Waals surface area contributed by atoms with E-state index in [2.05, 4.69) is 10.3 Å². The third kappa shape index (κ3) is 2.73. The van der Waals surface area contributed by atoms with Crippen molar-refractivity contribution in [3.05, 3.63) is 72.9 Å². The first-order chi connectivity index (χ1) is 12.3. The first-order valence-electron chi connectivity index (χ1n) is 7.80. The Bertz CT molecular complexity index is 1190. The topological polar surface area (TPSA) is 108 Å². The van der Waals surface area contributed by atoms with Gasteiger partial charge in [-0.3, -0.25) is 33.1 Å². The monoisotopic (exact) mass is 355 g/mol. The van der Waals surface area contributed by atoms with Crippen molar-refractivity contribution in [3.8, 4) is 0 Å². The number of fused-ring (bicyclic) bond motifs is 1. The van der Waals surface area contributed by atoms with Crippen LogP contribution in [-0.4, -0.2) is 24.6 Å². The van der Waals surface area contributed by atoms with E-state index >= 15 is 0 Å². The molecule has 0 atom stereocenters. The molecule has 0 saturated carbocycles. The Hall–Kier alpha value is -3.49. The van der Waals surface area contributed by atoms with Crippen LogP contribution in [0.1, 0.15) is 16.1 Å². The molecule has 9 nitrogen and oxygen atoms in total. The van der Waals surface area contributed by atoms with Gasteiger partial charge in [0.15, 0.2) is 0 Å². The second kappa shape index (κ2) is 6.43. The van der Waals surface area contributed by atoms with Gasteiger partial charge in [0, 0.05) is 33.4 Å². The van der Waals surface area contributed by atoms with Gasteiger partial charge in [0.05, 0.1) is 23.2 Å². The average Bonchev–Trinajstić information content (AvgIpc) is 2.65. The molecule has 0 bridgehead atoms. The molecule has 3 aromatic rings. The van der Waals surface area contributed by atoms with Crippen LogP contribution < -0.4 is 22.1 Å². The van der Waals surface area contributed by atoms with Crippen LogP contribution in [0.2, 0.25) is 0 Å². The lowest BCUT2D eigenvalue weighted by Gasteiger charge is -2.14. The highest BCUT2D eigenvalue weighted by Crippen LogP contribution is 2.11. The third-order valence-corrected chi connectivity index (χ3v) is 4.22. The second-order valence-electron chi connectivity index (χ2n) is 5.86. The van der Waals surface area contributed by atoms with E-state index in [1.54, 1.807) is 24.4 Å². The minimum atomic E-state index is -0.637. The van der Waals surface area contributed by atoms with E-state index in [4.69, 9.17) is 0 Å². The summed E-state index contributed by atoms with van der Waals surface area (Å²) < 4.78 is 3.25. The Morgan fingerprint density at radius 2 is 1.81 bits per heavy atom. The van der Waals surface area contributed by atoms with Gasteiger partial charge in [0.25, 0.3) is 17.0 Å². The third-order valence-electron chi connectivity index (χ3n) is 4.22. The van der Waals surface area contributed by atoms with Crippen molar-refractivity contribution in [2.45, 2.75) is 6.54 Å². The maximum Gasteiger partial charge on any atom is 0.332 e. The minimum Gasteiger partial charge on any atom is -0.346 e. The number of amides is 1. The van der Waals surface area contributed by atoms with Gasteiger partial charge in [-0.25, -0.2) is 4.79 Å². The van der Waals surface area contributed by atoms with Crippen LogP contribution >= 0.6 is 0 Å².